The van der Waals surface area contributed by atoms with E-state index in [0.29, 0.717) is 12.2 Å². The van der Waals surface area contributed by atoms with E-state index in [1.54, 1.807) is 24.3 Å². The Kier molecular flexibility index (Phi) is 5.39. The van der Waals surface area contributed by atoms with Gasteiger partial charge in [0.2, 0.25) is 0 Å². The van der Waals surface area contributed by atoms with Crippen molar-refractivity contribution in [1.82, 2.24) is 5.32 Å². The lowest BCUT2D eigenvalue weighted by Crippen LogP contribution is -2.23. The molecule has 0 radical (unpaired) electrons. The Labute approximate surface area is 150 Å². The van der Waals surface area contributed by atoms with E-state index in [0.717, 1.165) is 11.6 Å². The summed E-state index contributed by atoms with van der Waals surface area (Å²) in [6.45, 7) is 0.350. The Morgan fingerprint density at radius 2 is 1.46 bits per heavy atom. The number of amides is 2. The summed E-state index contributed by atoms with van der Waals surface area (Å²) in [5, 5.41) is 5.37. The van der Waals surface area contributed by atoms with Crippen LogP contribution < -0.4 is 10.6 Å². The molecule has 130 valence electrons. The zero-order valence-corrected chi connectivity index (χ0v) is 13.9. The number of para-hydroxylation sites is 1. The maximum Gasteiger partial charge on any atom is 0.258 e. The van der Waals surface area contributed by atoms with Gasteiger partial charge in [-0.3, -0.25) is 9.59 Å². The molecule has 2 N–H and O–H groups in total. The molecule has 0 spiro atoms. The van der Waals surface area contributed by atoms with Gasteiger partial charge >= 0.3 is 0 Å². The molecule has 4 nitrogen and oxygen atoms in total. The van der Waals surface area contributed by atoms with E-state index in [1.807, 2.05) is 36.4 Å². The monoisotopic (exact) mass is 348 g/mol. The average Bonchev–Trinajstić information content (AvgIpc) is 2.68. The molecule has 3 aromatic carbocycles. The Hall–Kier alpha value is -3.47. The summed E-state index contributed by atoms with van der Waals surface area (Å²) < 4.78 is 14.0. The molecule has 2 amide bonds. The van der Waals surface area contributed by atoms with Crippen LogP contribution in [-0.4, -0.2) is 11.8 Å². The summed E-state index contributed by atoms with van der Waals surface area (Å²) in [6, 6.07) is 21.9. The van der Waals surface area contributed by atoms with Crippen LogP contribution >= 0.6 is 0 Å². The Morgan fingerprint density at radius 3 is 2.15 bits per heavy atom. The van der Waals surface area contributed by atoms with Crippen LogP contribution in [0.4, 0.5) is 10.1 Å². The number of nitrogens with one attached hydrogen (secondary N) is 2. The highest BCUT2D eigenvalue weighted by molar-refractivity contribution is 6.06. The fourth-order valence-electron chi connectivity index (χ4n) is 2.44. The van der Waals surface area contributed by atoms with E-state index in [1.165, 1.54) is 12.1 Å². The van der Waals surface area contributed by atoms with Crippen molar-refractivity contribution in [2.24, 2.45) is 0 Å². The second-order valence-corrected chi connectivity index (χ2v) is 5.68. The lowest BCUT2D eigenvalue weighted by Gasteiger charge is -2.09. The van der Waals surface area contributed by atoms with Crippen LogP contribution in [-0.2, 0) is 6.54 Å². The van der Waals surface area contributed by atoms with Crippen molar-refractivity contribution in [1.29, 1.82) is 0 Å². The van der Waals surface area contributed by atoms with Gasteiger partial charge in [-0.25, -0.2) is 4.39 Å². The Morgan fingerprint density at radius 1 is 0.808 bits per heavy atom. The number of halogens is 1. The molecular weight excluding hydrogens is 331 g/mol. The largest absolute Gasteiger partial charge is 0.348 e. The standard InChI is InChI=1S/C21H17FN2O2/c22-19-12-11-16(20(25)23-14-15-7-3-1-4-8-15)13-18(19)21(26)24-17-9-5-2-6-10-17/h1-13H,14H2,(H,23,25)(H,24,26). The third kappa shape index (κ3) is 4.33. The third-order valence-electron chi connectivity index (χ3n) is 3.80. The van der Waals surface area contributed by atoms with Crippen molar-refractivity contribution in [3.8, 4) is 0 Å². The summed E-state index contributed by atoms with van der Waals surface area (Å²) >= 11 is 0. The van der Waals surface area contributed by atoms with Gasteiger partial charge < -0.3 is 10.6 Å². The molecule has 0 saturated heterocycles. The number of anilines is 1. The molecule has 3 aromatic rings. The number of carbonyl (C=O) groups excluding carboxylic acids is 2. The molecule has 0 aliphatic carbocycles. The zero-order valence-electron chi connectivity index (χ0n) is 13.9. The highest BCUT2D eigenvalue weighted by atomic mass is 19.1. The minimum absolute atomic E-state index is 0.179. The minimum Gasteiger partial charge on any atom is -0.348 e. The first kappa shape index (κ1) is 17.4. The predicted octanol–water partition coefficient (Wildman–Crippen LogP) is 4.01. The van der Waals surface area contributed by atoms with E-state index >= 15 is 0 Å². The molecule has 0 atom stereocenters. The van der Waals surface area contributed by atoms with Crippen LogP contribution in [0.1, 0.15) is 26.3 Å². The van der Waals surface area contributed by atoms with E-state index in [-0.39, 0.29) is 17.0 Å². The smallest absolute Gasteiger partial charge is 0.258 e. The third-order valence-corrected chi connectivity index (χ3v) is 3.80. The Balaban J connectivity index is 1.72. The molecule has 3 rings (SSSR count). The zero-order chi connectivity index (χ0) is 18.4. The molecule has 0 aliphatic heterocycles. The number of hydrogen-bond donors (Lipinski definition) is 2. The lowest BCUT2D eigenvalue weighted by molar-refractivity contribution is 0.0951. The summed E-state index contributed by atoms with van der Waals surface area (Å²) in [4.78, 5) is 24.6. The minimum atomic E-state index is -0.682. The van der Waals surface area contributed by atoms with Gasteiger partial charge in [0.05, 0.1) is 5.56 Å². The van der Waals surface area contributed by atoms with Gasteiger partial charge in [-0.05, 0) is 35.9 Å². The number of carbonyl (C=O) groups is 2. The molecule has 0 unspecified atom stereocenters. The first-order valence-electron chi connectivity index (χ1n) is 8.11. The summed E-state index contributed by atoms with van der Waals surface area (Å²) in [7, 11) is 0. The van der Waals surface area contributed by atoms with Crippen LogP contribution in [0.5, 0.6) is 0 Å². The van der Waals surface area contributed by atoms with Crippen molar-refractivity contribution in [2.45, 2.75) is 6.54 Å². The molecule has 0 fully saturated rings. The van der Waals surface area contributed by atoms with Crippen LogP contribution in [0, 0.1) is 5.82 Å². The van der Waals surface area contributed by atoms with Crippen LogP contribution in [0.25, 0.3) is 0 Å². The van der Waals surface area contributed by atoms with Gasteiger partial charge in [0, 0.05) is 17.8 Å². The first-order valence-corrected chi connectivity index (χ1v) is 8.11. The van der Waals surface area contributed by atoms with Gasteiger partial charge in [0.15, 0.2) is 0 Å². The molecule has 5 heteroatoms. The maximum atomic E-state index is 14.0. The van der Waals surface area contributed by atoms with Crippen molar-refractivity contribution in [3.05, 3.63) is 101 Å². The summed E-state index contributed by atoms with van der Waals surface area (Å²) in [5.41, 5.74) is 1.54. The number of hydrogen-bond acceptors (Lipinski definition) is 2. The fraction of sp³-hybridized carbons (Fsp3) is 0.0476. The van der Waals surface area contributed by atoms with Crippen molar-refractivity contribution < 1.29 is 14.0 Å². The summed E-state index contributed by atoms with van der Waals surface area (Å²) in [6.07, 6.45) is 0. The maximum absolute atomic E-state index is 14.0. The molecule has 0 heterocycles. The van der Waals surface area contributed by atoms with Crippen LogP contribution in [0.2, 0.25) is 0 Å². The van der Waals surface area contributed by atoms with Gasteiger partial charge in [-0.1, -0.05) is 48.5 Å². The van der Waals surface area contributed by atoms with Crippen molar-refractivity contribution in [3.63, 3.8) is 0 Å². The highest BCUT2D eigenvalue weighted by Gasteiger charge is 2.15. The second-order valence-electron chi connectivity index (χ2n) is 5.68. The molecule has 0 saturated carbocycles. The lowest BCUT2D eigenvalue weighted by atomic mass is 10.1. The Bertz CT molecular complexity index is 912. The highest BCUT2D eigenvalue weighted by Crippen LogP contribution is 2.14. The molecule has 26 heavy (non-hydrogen) atoms. The topological polar surface area (TPSA) is 58.2 Å². The van der Waals surface area contributed by atoms with Gasteiger partial charge in [-0.15, -0.1) is 0 Å². The summed E-state index contributed by atoms with van der Waals surface area (Å²) in [5.74, 6) is -1.66. The van der Waals surface area contributed by atoms with Crippen LogP contribution in [0.3, 0.4) is 0 Å². The van der Waals surface area contributed by atoms with Crippen molar-refractivity contribution >= 4 is 17.5 Å². The number of benzene rings is 3. The van der Waals surface area contributed by atoms with E-state index in [9.17, 15) is 14.0 Å². The predicted molar refractivity (Wildman–Crippen MR) is 98.4 cm³/mol. The van der Waals surface area contributed by atoms with Crippen LogP contribution in [0.15, 0.2) is 78.9 Å². The molecular formula is C21H17FN2O2. The fourth-order valence-corrected chi connectivity index (χ4v) is 2.44. The average molecular weight is 348 g/mol. The second kappa shape index (κ2) is 8.07. The van der Waals surface area contributed by atoms with E-state index in [4.69, 9.17) is 0 Å². The molecule has 0 aromatic heterocycles. The SMILES string of the molecule is O=C(NCc1ccccc1)c1ccc(F)c(C(=O)Nc2ccccc2)c1. The van der Waals surface area contributed by atoms with Gasteiger partial charge in [-0.2, -0.15) is 0 Å². The van der Waals surface area contributed by atoms with E-state index in [2.05, 4.69) is 10.6 Å². The van der Waals surface area contributed by atoms with Crippen molar-refractivity contribution in [2.75, 3.05) is 5.32 Å². The quantitative estimate of drug-likeness (QED) is 0.732. The first-order chi connectivity index (χ1) is 12.6. The van der Waals surface area contributed by atoms with E-state index < -0.39 is 11.7 Å². The molecule has 0 aliphatic rings. The normalized spacial score (nSPS) is 10.2. The van der Waals surface area contributed by atoms with Gasteiger partial charge in [0.25, 0.3) is 11.8 Å². The number of rotatable bonds is 5. The van der Waals surface area contributed by atoms with Gasteiger partial charge in [0.1, 0.15) is 5.82 Å². The molecule has 0 bridgehead atoms.